The maximum absolute atomic E-state index is 11.1. The number of nitrogens with zero attached hydrogens (tertiary/aromatic N) is 4. The molecule has 0 bridgehead atoms. The second-order valence-corrected chi connectivity index (χ2v) is 4.90. The number of rotatable bonds is 3. The molecule has 5 nitrogen and oxygen atoms in total. The third-order valence-corrected chi connectivity index (χ3v) is 3.76. The van der Waals surface area contributed by atoms with Crippen molar-refractivity contribution in [3.8, 4) is 0 Å². The second-order valence-electron chi connectivity index (χ2n) is 3.90. The Labute approximate surface area is 104 Å². The number of hydrogen-bond acceptors (Lipinski definition) is 4. The quantitative estimate of drug-likeness (QED) is 0.779. The van der Waals surface area contributed by atoms with Gasteiger partial charge in [-0.15, -0.1) is 0 Å². The van der Waals surface area contributed by atoms with Crippen LogP contribution < -0.4 is 0 Å². The lowest BCUT2D eigenvalue weighted by Gasteiger charge is -2.02. The fourth-order valence-corrected chi connectivity index (χ4v) is 2.77. The highest BCUT2D eigenvalue weighted by molar-refractivity contribution is 7.99. The molecule has 2 aromatic heterocycles. The van der Waals surface area contributed by atoms with Crippen LogP contribution in [0.25, 0.3) is 0 Å². The number of aromatic nitrogens is 4. The first-order chi connectivity index (χ1) is 8.02. The van der Waals surface area contributed by atoms with Gasteiger partial charge in [-0.3, -0.25) is 14.2 Å². The van der Waals surface area contributed by atoms with E-state index in [4.69, 9.17) is 0 Å². The normalized spacial score (nSPS) is 10.8. The van der Waals surface area contributed by atoms with E-state index >= 15 is 0 Å². The Balaban J connectivity index is 2.42. The summed E-state index contributed by atoms with van der Waals surface area (Å²) in [5.74, 6) is 0. The topological polar surface area (TPSA) is 52.7 Å². The minimum Gasteiger partial charge on any atom is -0.298 e. The van der Waals surface area contributed by atoms with Crippen molar-refractivity contribution in [2.75, 3.05) is 0 Å². The minimum atomic E-state index is 0.649. The first-order valence-corrected chi connectivity index (χ1v) is 6.02. The average molecular weight is 250 g/mol. The van der Waals surface area contributed by atoms with Crippen LogP contribution in [-0.4, -0.2) is 25.8 Å². The number of hydrogen-bond donors (Lipinski definition) is 0. The predicted octanol–water partition coefficient (Wildman–Crippen LogP) is 1.73. The molecule has 0 saturated heterocycles. The molecule has 6 heteroatoms. The Morgan fingerprint density at radius 3 is 2.47 bits per heavy atom. The summed E-state index contributed by atoms with van der Waals surface area (Å²) in [7, 11) is 3.73. The molecule has 17 heavy (non-hydrogen) atoms. The van der Waals surface area contributed by atoms with E-state index in [1.54, 1.807) is 9.36 Å². The van der Waals surface area contributed by atoms with Gasteiger partial charge in [0, 0.05) is 14.1 Å². The van der Waals surface area contributed by atoms with Crippen LogP contribution in [0, 0.1) is 13.8 Å². The van der Waals surface area contributed by atoms with Crippen LogP contribution in [0.3, 0.4) is 0 Å². The Morgan fingerprint density at radius 2 is 1.94 bits per heavy atom. The van der Waals surface area contributed by atoms with E-state index < -0.39 is 0 Å². The van der Waals surface area contributed by atoms with E-state index in [0.29, 0.717) is 5.56 Å². The van der Waals surface area contributed by atoms with E-state index in [2.05, 4.69) is 10.2 Å². The summed E-state index contributed by atoms with van der Waals surface area (Å²) >= 11 is 1.50. The van der Waals surface area contributed by atoms with Gasteiger partial charge in [-0.2, -0.15) is 10.2 Å². The lowest BCUT2D eigenvalue weighted by Crippen LogP contribution is -1.96. The van der Waals surface area contributed by atoms with Gasteiger partial charge in [-0.25, -0.2) is 0 Å². The Hall–Kier alpha value is -1.56. The number of carbonyl (C=O) groups is 1. The Morgan fingerprint density at radius 1 is 1.24 bits per heavy atom. The molecule has 2 aromatic rings. The van der Waals surface area contributed by atoms with Crippen molar-refractivity contribution in [2.45, 2.75) is 23.9 Å². The lowest BCUT2D eigenvalue weighted by atomic mass is 10.3. The molecule has 0 radical (unpaired) electrons. The second kappa shape index (κ2) is 4.37. The highest BCUT2D eigenvalue weighted by Gasteiger charge is 2.15. The van der Waals surface area contributed by atoms with E-state index in [-0.39, 0.29) is 0 Å². The predicted molar refractivity (Wildman–Crippen MR) is 65.4 cm³/mol. The van der Waals surface area contributed by atoms with Gasteiger partial charge in [0.05, 0.1) is 17.0 Å². The van der Waals surface area contributed by atoms with Gasteiger partial charge in [0.2, 0.25) is 0 Å². The van der Waals surface area contributed by atoms with Gasteiger partial charge < -0.3 is 0 Å². The van der Waals surface area contributed by atoms with Crippen LogP contribution in [-0.2, 0) is 14.1 Å². The molecule has 2 rings (SSSR count). The molecule has 2 heterocycles. The molecule has 0 aromatic carbocycles. The standard InChI is InChI=1S/C11H14N4OS/c1-7-5-10(14(3)12-7)17-11-9(6-16)8(2)13-15(11)4/h5-6H,1-4H3. The summed E-state index contributed by atoms with van der Waals surface area (Å²) in [6.45, 7) is 3.78. The van der Waals surface area contributed by atoms with Gasteiger partial charge in [0.25, 0.3) is 0 Å². The fourth-order valence-electron chi connectivity index (χ4n) is 1.69. The molecule has 0 unspecified atom stereocenters. The molecule has 90 valence electrons. The van der Waals surface area contributed by atoms with Crippen LogP contribution in [0.15, 0.2) is 16.1 Å². The zero-order chi connectivity index (χ0) is 12.6. The SMILES string of the molecule is Cc1cc(Sc2c(C=O)c(C)nn2C)n(C)n1. The van der Waals surface area contributed by atoms with Crippen molar-refractivity contribution in [1.82, 2.24) is 19.6 Å². The molecular formula is C11H14N4OS. The largest absolute Gasteiger partial charge is 0.298 e. The molecule has 0 amide bonds. The number of aryl methyl sites for hydroxylation is 4. The highest BCUT2D eigenvalue weighted by Crippen LogP contribution is 2.30. The maximum atomic E-state index is 11.1. The van der Waals surface area contributed by atoms with E-state index in [0.717, 1.165) is 27.7 Å². The molecule has 0 atom stereocenters. The van der Waals surface area contributed by atoms with E-state index in [9.17, 15) is 4.79 Å². The van der Waals surface area contributed by atoms with Crippen LogP contribution in [0.4, 0.5) is 0 Å². The number of carbonyl (C=O) groups excluding carboxylic acids is 1. The van der Waals surface area contributed by atoms with E-state index in [1.807, 2.05) is 34.0 Å². The number of aldehydes is 1. The van der Waals surface area contributed by atoms with Crippen LogP contribution in [0.2, 0.25) is 0 Å². The van der Waals surface area contributed by atoms with Crippen LogP contribution in [0.5, 0.6) is 0 Å². The van der Waals surface area contributed by atoms with Gasteiger partial charge >= 0.3 is 0 Å². The molecular weight excluding hydrogens is 236 g/mol. The maximum Gasteiger partial charge on any atom is 0.154 e. The molecule has 0 aliphatic carbocycles. The van der Waals surface area contributed by atoms with Crippen molar-refractivity contribution in [3.63, 3.8) is 0 Å². The molecule has 0 aliphatic rings. The van der Waals surface area contributed by atoms with E-state index in [1.165, 1.54) is 11.8 Å². The van der Waals surface area contributed by atoms with Gasteiger partial charge in [-0.1, -0.05) is 11.8 Å². The summed E-state index contributed by atoms with van der Waals surface area (Å²) in [6, 6.07) is 1.99. The third kappa shape index (κ3) is 2.12. The summed E-state index contributed by atoms with van der Waals surface area (Å²) in [5, 5.41) is 10.4. The van der Waals surface area contributed by atoms with Crippen molar-refractivity contribution in [1.29, 1.82) is 0 Å². The monoisotopic (exact) mass is 250 g/mol. The van der Waals surface area contributed by atoms with Crippen LogP contribution >= 0.6 is 11.8 Å². The fraction of sp³-hybridized carbons (Fsp3) is 0.364. The average Bonchev–Trinajstić information content (AvgIpc) is 2.69. The highest BCUT2D eigenvalue weighted by atomic mass is 32.2. The third-order valence-electron chi connectivity index (χ3n) is 2.49. The zero-order valence-electron chi connectivity index (χ0n) is 10.3. The van der Waals surface area contributed by atoms with Crippen molar-refractivity contribution in [3.05, 3.63) is 23.0 Å². The molecule has 0 N–H and O–H groups in total. The summed E-state index contributed by atoms with van der Waals surface area (Å²) in [6.07, 6.45) is 0.855. The van der Waals surface area contributed by atoms with Crippen LogP contribution in [0.1, 0.15) is 21.7 Å². The summed E-state index contributed by atoms with van der Waals surface area (Å²) in [4.78, 5) is 11.1. The first-order valence-electron chi connectivity index (χ1n) is 5.20. The Bertz CT molecular complexity index is 570. The molecule has 0 saturated carbocycles. The smallest absolute Gasteiger partial charge is 0.154 e. The summed E-state index contributed by atoms with van der Waals surface area (Å²) < 4.78 is 3.53. The summed E-state index contributed by atoms with van der Waals surface area (Å²) in [5.41, 5.74) is 2.36. The van der Waals surface area contributed by atoms with Gasteiger partial charge in [0.1, 0.15) is 10.1 Å². The van der Waals surface area contributed by atoms with Gasteiger partial charge in [-0.05, 0) is 19.9 Å². The van der Waals surface area contributed by atoms with Crippen molar-refractivity contribution >= 4 is 18.0 Å². The first kappa shape index (κ1) is 11.9. The zero-order valence-corrected chi connectivity index (χ0v) is 11.1. The molecule has 0 aliphatic heterocycles. The van der Waals surface area contributed by atoms with Crippen molar-refractivity contribution < 1.29 is 4.79 Å². The van der Waals surface area contributed by atoms with Crippen molar-refractivity contribution in [2.24, 2.45) is 14.1 Å². The minimum absolute atomic E-state index is 0.649. The lowest BCUT2D eigenvalue weighted by molar-refractivity contribution is 0.112. The van der Waals surface area contributed by atoms with Gasteiger partial charge in [0.15, 0.2) is 6.29 Å². The molecule has 0 fully saturated rings. The molecule has 0 spiro atoms. The Kier molecular flexibility index (Phi) is 3.06.